The van der Waals surface area contributed by atoms with Crippen molar-refractivity contribution in [3.63, 3.8) is 0 Å². The lowest BCUT2D eigenvalue weighted by molar-refractivity contribution is 0.0596. The second-order valence-electron chi connectivity index (χ2n) is 5.70. The van der Waals surface area contributed by atoms with Gasteiger partial charge in [0.05, 0.1) is 0 Å². The van der Waals surface area contributed by atoms with Crippen LogP contribution in [0.2, 0.25) is 10.0 Å². The summed E-state index contributed by atoms with van der Waals surface area (Å²) < 4.78 is 0. The van der Waals surface area contributed by atoms with Crippen molar-refractivity contribution >= 4 is 35.0 Å². The Morgan fingerprint density at radius 2 is 1.12 bits per heavy atom. The number of amides is 2. The van der Waals surface area contributed by atoms with Gasteiger partial charge in [-0.05, 0) is 55.0 Å². The van der Waals surface area contributed by atoms with E-state index in [0.717, 1.165) is 0 Å². The fourth-order valence-corrected chi connectivity index (χ4v) is 2.98. The highest BCUT2D eigenvalue weighted by molar-refractivity contribution is 6.31. The van der Waals surface area contributed by atoms with Crippen LogP contribution < -0.4 is 0 Å². The molecule has 1 aliphatic heterocycles. The van der Waals surface area contributed by atoms with Gasteiger partial charge >= 0.3 is 0 Å². The largest absolute Gasteiger partial charge is 0.294 e. The van der Waals surface area contributed by atoms with Crippen molar-refractivity contribution in [1.29, 1.82) is 0 Å². The topological polar surface area (TPSA) is 40.6 Å². The molecule has 0 N–H and O–H groups in total. The molecule has 0 atom stereocenters. The minimum absolute atomic E-state index is 0.199. The lowest BCUT2D eigenvalue weighted by Gasteiger charge is -2.37. The molecule has 2 aromatic carbocycles. The van der Waals surface area contributed by atoms with Crippen molar-refractivity contribution in [3.05, 3.63) is 82.1 Å². The van der Waals surface area contributed by atoms with Crippen LogP contribution in [0.4, 0.5) is 0 Å². The molecule has 2 aromatic rings. The number of hydrogen-bond donors (Lipinski definition) is 0. The van der Waals surface area contributed by atoms with Gasteiger partial charge in [-0.3, -0.25) is 19.4 Å². The minimum atomic E-state index is -0.199. The lowest BCUT2D eigenvalue weighted by Crippen LogP contribution is -2.47. The van der Waals surface area contributed by atoms with Crippen LogP contribution in [0, 0.1) is 0 Å². The monoisotopic (exact) mass is 374 g/mol. The molecular formula is C19H16Cl2N2O2. The summed E-state index contributed by atoms with van der Waals surface area (Å²) in [6, 6.07) is 13.3. The number of carbonyl (C=O) groups is 2. The molecule has 25 heavy (non-hydrogen) atoms. The highest BCUT2D eigenvalue weighted by Crippen LogP contribution is 2.23. The predicted molar refractivity (Wildman–Crippen MR) is 98.7 cm³/mol. The van der Waals surface area contributed by atoms with Crippen molar-refractivity contribution < 1.29 is 9.59 Å². The van der Waals surface area contributed by atoms with Gasteiger partial charge in [0.15, 0.2) is 0 Å². The zero-order chi connectivity index (χ0) is 18.0. The van der Waals surface area contributed by atoms with E-state index in [0.29, 0.717) is 46.5 Å². The number of rotatable bonds is 2. The highest BCUT2D eigenvalue weighted by atomic mass is 35.5. The molecule has 0 aromatic heterocycles. The number of carbonyl (C=O) groups excluding carboxylic acids is 2. The average molecular weight is 375 g/mol. The summed E-state index contributed by atoms with van der Waals surface area (Å²) in [5, 5.41) is 1.13. The van der Waals surface area contributed by atoms with Crippen molar-refractivity contribution in [2.45, 2.75) is 6.42 Å². The number of halogens is 2. The maximum atomic E-state index is 12.7. The molecule has 0 radical (unpaired) electrons. The molecule has 0 saturated carbocycles. The Morgan fingerprint density at radius 1 is 0.760 bits per heavy atom. The molecule has 0 unspecified atom stereocenters. The molecule has 0 spiro atoms. The molecule has 1 saturated heterocycles. The first-order valence-corrected chi connectivity index (χ1v) is 8.57. The fraction of sp³-hybridized carbons (Fsp3) is 0.158. The van der Waals surface area contributed by atoms with Gasteiger partial charge in [-0.25, -0.2) is 0 Å². The van der Waals surface area contributed by atoms with E-state index < -0.39 is 0 Å². The molecular weight excluding hydrogens is 359 g/mol. The van der Waals surface area contributed by atoms with Crippen molar-refractivity contribution in [2.75, 3.05) is 13.1 Å². The first-order valence-electron chi connectivity index (χ1n) is 7.81. The molecule has 2 amide bonds. The quantitative estimate of drug-likeness (QED) is 0.778. The maximum Gasteiger partial charge on any atom is 0.259 e. The normalized spacial score (nSPS) is 14.6. The summed E-state index contributed by atoms with van der Waals surface area (Å²) in [5.41, 5.74) is 1.01. The van der Waals surface area contributed by atoms with E-state index in [-0.39, 0.29) is 11.8 Å². The van der Waals surface area contributed by atoms with Crippen molar-refractivity contribution in [3.8, 4) is 0 Å². The van der Waals surface area contributed by atoms with Gasteiger partial charge in [-0.1, -0.05) is 29.8 Å². The SMILES string of the molecule is C=C1N(C(=O)c2ccc(Cl)cc2)CCCN1C(=O)c1ccc(Cl)cc1. The minimum Gasteiger partial charge on any atom is -0.294 e. The van der Waals surface area contributed by atoms with E-state index in [1.807, 2.05) is 0 Å². The Morgan fingerprint density at radius 3 is 1.48 bits per heavy atom. The summed E-state index contributed by atoms with van der Waals surface area (Å²) in [5.74, 6) is -0.0169. The summed E-state index contributed by atoms with van der Waals surface area (Å²) in [6.07, 6.45) is 0.678. The van der Waals surface area contributed by atoms with Crippen LogP contribution in [0.25, 0.3) is 0 Å². The van der Waals surface area contributed by atoms with E-state index in [2.05, 4.69) is 6.58 Å². The first kappa shape index (κ1) is 17.5. The van der Waals surface area contributed by atoms with Gasteiger partial charge in [0, 0.05) is 34.3 Å². The Labute approximate surface area is 156 Å². The highest BCUT2D eigenvalue weighted by Gasteiger charge is 2.30. The van der Waals surface area contributed by atoms with Crippen LogP contribution in [-0.4, -0.2) is 34.7 Å². The van der Waals surface area contributed by atoms with Gasteiger partial charge in [0.1, 0.15) is 5.82 Å². The van der Waals surface area contributed by atoms with E-state index in [1.165, 1.54) is 9.80 Å². The Balaban J connectivity index is 1.80. The van der Waals surface area contributed by atoms with Crippen LogP contribution in [0.5, 0.6) is 0 Å². The second-order valence-corrected chi connectivity index (χ2v) is 6.57. The average Bonchev–Trinajstić information content (AvgIpc) is 2.62. The van der Waals surface area contributed by atoms with Crippen LogP contribution in [0.1, 0.15) is 27.1 Å². The van der Waals surface area contributed by atoms with Crippen LogP contribution >= 0.6 is 23.2 Å². The number of benzene rings is 2. The molecule has 1 aliphatic rings. The number of hydrogen-bond acceptors (Lipinski definition) is 2. The zero-order valence-corrected chi connectivity index (χ0v) is 14.9. The summed E-state index contributed by atoms with van der Waals surface area (Å²) >= 11 is 11.7. The van der Waals surface area contributed by atoms with Crippen molar-refractivity contribution in [1.82, 2.24) is 9.80 Å². The molecule has 0 bridgehead atoms. The van der Waals surface area contributed by atoms with Gasteiger partial charge in [-0.15, -0.1) is 0 Å². The fourth-order valence-electron chi connectivity index (χ4n) is 2.72. The van der Waals surface area contributed by atoms with Gasteiger partial charge in [0.25, 0.3) is 11.8 Å². The lowest BCUT2D eigenvalue weighted by atomic mass is 10.1. The second kappa shape index (κ2) is 7.30. The third kappa shape index (κ3) is 3.70. The molecule has 3 rings (SSSR count). The molecule has 6 heteroatoms. The van der Waals surface area contributed by atoms with Crippen molar-refractivity contribution in [2.24, 2.45) is 0 Å². The van der Waals surface area contributed by atoms with Gasteiger partial charge in [0.2, 0.25) is 0 Å². The number of nitrogens with zero attached hydrogens (tertiary/aromatic N) is 2. The van der Waals surface area contributed by atoms with E-state index in [9.17, 15) is 9.59 Å². The summed E-state index contributed by atoms with van der Waals surface area (Å²) in [6.45, 7) is 5.00. The zero-order valence-electron chi connectivity index (χ0n) is 13.4. The smallest absolute Gasteiger partial charge is 0.259 e. The first-order chi connectivity index (χ1) is 12.0. The standard InChI is InChI=1S/C19H16Cl2N2O2/c1-13-22(18(24)14-3-7-16(20)8-4-14)11-2-12-23(13)19(25)15-5-9-17(21)10-6-15/h3-10H,1-2,11-12H2. The Hall–Kier alpha value is -2.30. The third-order valence-electron chi connectivity index (χ3n) is 4.06. The molecule has 0 aliphatic carbocycles. The van der Waals surface area contributed by atoms with Gasteiger partial charge < -0.3 is 0 Å². The van der Waals surface area contributed by atoms with Crippen LogP contribution in [-0.2, 0) is 0 Å². The van der Waals surface area contributed by atoms with Crippen LogP contribution in [0.15, 0.2) is 60.9 Å². The molecule has 128 valence electrons. The van der Waals surface area contributed by atoms with Crippen LogP contribution in [0.3, 0.4) is 0 Å². The van der Waals surface area contributed by atoms with E-state index in [1.54, 1.807) is 48.5 Å². The maximum absolute atomic E-state index is 12.7. The summed E-state index contributed by atoms with van der Waals surface area (Å²) in [4.78, 5) is 28.5. The van der Waals surface area contributed by atoms with Gasteiger partial charge in [-0.2, -0.15) is 0 Å². The molecule has 1 fully saturated rings. The summed E-state index contributed by atoms with van der Waals surface area (Å²) in [7, 11) is 0. The third-order valence-corrected chi connectivity index (χ3v) is 4.56. The Kier molecular flexibility index (Phi) is 5.11. The van der Waals surface area contributed by atoms with E-state index in [4.69, 9.17) is 23.2 Å². The van der Waals surface area contributed by atoms with E-state index >= 15 is 0 Å². The molecule has 1 heterocycles. The molecule has 4 nitrogen and oxygen atoms in total. The predicted octanol–water partition coefficient (Wildman–Crippen LogP) is 4.45. The Bertz CT molecular complexity index is 749.